The minimum absolute atomic E-state index is 0.00632. The highest BCUT2D eigenvalue weighted by Gasteiger charge is 2.16. The Morgan fingerprint density at radius 3 is 2.81 bits per heavy atom. The summed E-state index contributed by atoms with van der Waals surface area (Å²) in [6.45, 7) is 1.34. The van der Waals surface area contributed by atoms with Crippen molar-refractivity contribution < 1.29 is 14.3 Å². The van der Waals surface area contributed by atoms with Gasteiger partial charge in [-0.05, 0) is 12.8 Å². The summed E-state index contributed by atoms with van der Waals surface area (Å²) in [6, 6.07) is 0.250. The lowest BCUT2D eigenvalue weighted by molar-refractivity contribution is 0.00334. The van der Waals surface area contributed by atoms with Crippen LogP contribution in [0.15, 0.2) is 12.4 Å². The van der Waals surface area contributed by atoms with Gasteiger partial charge in [-0.15, -0.1) is 0 Å². The number of carbonyl (C=O) groups excluding carboxylic acids is 1. The molecule has 2 N–H and O–H groups in total. The zero-order valence-corrected chi connectivity index (χ0v) is 8.76. The number of hydrogen-bond donors (Lipinski definition) is 1. The van der Waals surface area contributed by atoms with Crippen LogP contribution in [0.4, 0.5) is 0 Å². The normalized spacial score (nSPS) is 20.4. The summed E-state index contributed by atoms with van der Waals surface area (Å²) in [7, 11) is 0. The van der Waals surface area contributed by atoms with Crippen LogP contribution in [0, 0.1) is 0 Å². The highest BCUT2D eigenvalue weighted by atomic mass is 16.5. The van der Waals surface area contributed by atoms with Gasteiger partial charge in [0.1, 0.15) is 6.10 Å². The van der Waals surface area contributed by atoms with Gasteiger partial charge in [-0.25, -0.2) is 9.97 Å². The summed E-state index contributed by atoms with van der Waals surface area (Å²) >= 11 is 0. The van der Waals surface area contributed by atoms with E-state index in [1.165, 1.54) is 12.4 Å². The smallest absolute Gasteiger partial charge is 0.316 e. The Labute approximate surface area is 92.8 Å². The molecular formula is C10H13N3O3. The predicted molar refractivity (Wildman–Crippen MR) is 55.0 cm³/mol. The molecule has 1 aromatic heterocycles. The van der Waals surface area contributed by atoms with Gasteiger partial charge in [0.05, 0.1) is 12.2 Å². The van der Waals surface area contributed by atoms with E-state index in [1.807, 2.05) is 0 Å². The highest BCUT2D eigenvalue weighted by Crippen LogP contribution is 2.12. The Hall–Kier alpha value is -1.69. The maximum atomic E-state index is 10.8. The van der Waals surface area contributed by atoms with Crippen LogP contribution in [0.5, 0.6) is 6.01 Å². The van der Waals surface area contributed by atoms with Crippen molar-refractivity contribution in [3.8, 4) is 6.01 Å². The van der Waals surface area contributed by atoms with Crippen LogP contribution in [-0.2, 0) is 4.74 Å². The van der Waals surface area contributed by atoms with E-state index < -0.39 is 5.91 Å². The van der Waals surface area contributed by atoms with Crippen LogP contribution in [0.25, 0.3) is 0 Å². The first-order valence-electron chi connectivity index (χ1n) is 5.12. The zero-order valence-electron chi connectivity index (χ0n) is 8.76. The molecule has 2 heterocycles. The molecule has 1 fully saturated rings. The van der Waals surface area contributed by atoms with Crippen molar-refractivity contribution in [2.24, 2.45) is 5.73 Å². The molecule has 0 bridgehead atoms. The van der Waals surface area contributed by atoms with Gasteiger partial charge in [-0.1, -0.05) is 0 Å². The van der Waals surface area contributed by atoms with E-state index in [1.54, 1.807) is 0 Å². The van der Waals surface area contributed by atoms with Crippen LogP contribution in [0.1, 0.15) is 23.2 Å². The number of hydrogen-bond acceptors (Lipinski definition) is 5. The van der Waals surface area contributed by atoms with Gasteiger partial charge >= 0.3 is 6.01 Å². The van der Waals surface area contributed by atoms with Crippen LogP contribution in [0.3, 0.4) is 0 Å². The number of carbonyl (C=O) groups is 1. The average molecular weight is 223 g/mol. The molecule has 1 saturated heterocycles. The first-order chi connectivity index (χ1) is 7.75. The molecule has 1 atom stereocenters. The second-order valence-corrected chi connectivity index (χ2v) is 3.58. The molecule has 1 aromatic rings. The number of nitrogens with zero attached hydrogens (tertiary/aromatic N) is 2. The summed E-state index contributed by atoms with van der Waals surface area (Å²) in [5.41, 5.74) is 5.34. The first kappa shape index (κ1) is 10.8. The molecule has 1 aliphatic heterocycles. The zero-order chi connectivity index (χ0) is 11.4. The SMILES string of the molecule is NC(=O)c1cnc(OC2CCCOC2)nc1. The largest absolute Gasteiger partial charge is 0.458 e. The molecule has 86 valence electrons. The van der Waals surface area contributed by atoms with E-state index in [9.17, 15) is 4.79 Å². The van der Waals surface area contributed by atoms with E-state index in [0.717, 1.165) is 19.4 Å². The van der Waals surface area contributed by atoms with Crippen molar-refractivity contribution in [2.75, 3.05) is 13.2 Å². The predicted octanol–water partition coefficient (Wildman–Crippen LogP) is 0.133. The number of nitrogens with two attached hydrogens (primary N) is 1. The van der Waals surface area contributed by atoms with Crippen molar-refractivity contribution in [3.05, 3.63) is 18.0 Å². The molecular weight excluding hydrogens is 210 g/mol. The summed E-state index contributed by atoms with van der Waals surface area (Å²) in [4.78, 5) is 18.6. The van der Waals surface area contributed by atoms with Gasteiger partial charge in [-0.3, -0.25) is 4.79 Å². The van der Waals surface area contributed by atoms with Gasteiger partial charge in [0.2, 0.25) is 0 Å². The summed E-state index contributed by atoms with van der Waals surface area (Å²) in [5, 5.41) is 0. The Bertz CT molecular complexity index is 360. The first-order valence-corrected chi connectivity index (χ1v) is 5.12. The third kappa shape index (κ3) is 2.66. The number of rotatable bonds is 3. The minimum Gasteiger partial charge on any atom is -0.458 e. The van der Waals surface area contributed by atoms with Crippen molar-refractivity contribution >= 4 is 5.91 Å². The summed E-state index contributed by atoms with van der Waals surface area (Å²) < 4.78 is 10.8. The standard InChI is InChI=1S/C10H13N3O3/c11-9(14)7-4-12-10(13-5-7)16-8-2-1-3-15-6-8/h4-5,8H,1-3,6H2,(H2,11,14). The Kier molecular flexibility index (Phi) is 3.31. The summed E-state index contributed by atoms with van der Waals surface area (Å²) in [5.74, 6) is -0.549. The maximum absolute atomic E-state index is 10.8. The molecule has 0 spiro atoms. The second-order valence-electron chi connectivity index (χ2n) is 3.58. The third-order valence-corrected chi connectivity index (χ3v) is 2.30. The van der Waals surface area contributed by atoms with Crippen molar-refractivity contribution in [2.45, 2.75) is 18.9 Å². The van der Waals surface area contributed by atoms with E-state index in [2.05, 4.69) is 9.97 Å². The lowest BCUT2D eigenvalue weighted by Gasteiger charge is -2.21. The highest BCUT2D eigenvalue weighted by molar-refractivity contribution is 5.92. The number of primary amides is 1. The average Bonchev–Trinajstić information content (AvgIpc) is 2.31. The Balaban J connectivity index is 1.96. The van der Waals surface area contributed by atoms with E-state index in [0.29, 0.717) is 6.61 Å². The lowest BCUT2D eigenvalue weighted by Crippen LogP contribution is -2.28. The van der Waals surface area contributed by atoms with Gasteiger partial charge in [0.25, 0.3) is 5.91 Å². The molecule has 1 aliphatic rings. The van der Waals surface area contributed by atoms with Crippen molar-refractivity contribution in [3.63, 3.8) is 0 Å². The molecule has 0 aliphatic carbocycles. The second kappa shape index (κ2) is 4.89. The van der Waals surface area contributed by atoms with Crippen molar-refractivity contribution in [1.29, 1.82) is 0 Å². The number of amides is 1. The van der Waals surface area contributed by atoms with Gasteiger partial charge in [-0.2, -0.15) is 0 Å². The maximum Gasteiger partial charge on any atom is 0.316 e. The van der Waals surface area contributed by atoms with Crippen LogP contribution >= 0.6 is 0 Å². The Morgan fingerprint density at radius 2 is 2.25 bits per heavy atom. The van der Waals surface area contributed by atoms with Crippen LogP contribution < -0.4 is 10.5 Å². The minimum atomic E-state index is -0.549. The molecule has 0 radical (unpaired) electrons. The van der Waals surface area contributed by atoms with Crippen LogP contribution in [0.2, 0.25) is 0 Å². The topological polar surface area (TPSA) is 87.3 Å². The molecule has 6 heteroatoms. The number of aromatic nitrogens is 2. The molecule has 6 nitrogen and oxygen atoms in total. The van der Waals surface area contributed by atoms with Gasteiger partial charge < -0.3 is 15.2 Å². The van der Waals surface area contributed by atoms with Gasteiger partial charge in [0.15, 0.2) is 0 Å². The number of ether oxygens (including phenoxy) is 2. The summed E-state index contributed by atoms with van der Waals surface area (Å²) in [6.07, 6.45) is 4.61. The van der Waals surface area contributed by atoms with E-state index >= 15 is 0 Å². The lowest BCUT2D eigenvalue weighted by atomic mass is 10.2. The monoisotopic (exact) mass is 223 g/mol. The van der Waals surface area contributed by atoms with E-state index in [-0.39, 0.29) is 17.7 Å². The van der Waals surface area contributed by atoms with Gasteiger partial charge in [0, 0.05) is 19.0 Å². The molecule has 2 rings (SSSR count). The molecule has 1 unspecified atom stereocenters. The molecule has 0 saturated carbocycles. The fraction of sp³-hybridized carbons (Fsp3) is 0.500. The third-order valence-electron chi connectivity index (χ3n) is 2.30. The van der Waals surface area contributed by atoms with Crippen molar-refractivity contribution in [1.82, 2.24) is 9.97 Å². The quantitative estimate of drug-likeness (QED) is 0.787. The van der Waals surface area contributed by atoms with E-state index in [4.69, 9.17) is 15.2 Å². The molecule has 1 amide bonds. The molecule has 0 aromatic carbocycles. The fourth-order valence-corrected chi connectivity index (χ4v) is 1.46. The molecule has 16 heavy (non-hydrogen) atoms. The van der Waals surface area contributed by atoms with Crippen LogP contribution in [-0.4, -0.2) is 35.2 Å². The fourth-order valence-electron chi connectivity index (χ4n) is 1.46. The Morgan fingerprint density at radius 1 is 1.50 bits per heavy atom.